The van der Waals surface area contributed by atoms with Crippen LogP contribution in [0.15, 0.2) is 47.3 Å². The molecule has 3 N–H and O–H groups in total. The average Bonchev–Trinajstić information content (AvgIpc) is 2.66. The van der Waals surface area contributed by atoms with Gasteiger partial charge in [-0.15, -0.1) is 0 Å². The fourth-order valence-electron chi connectivity index (χ4n) is 2.92. The van der Waals surface area contributed by atoms with E-state index >= 15 is 0 Å². The Labute approximate surface area is 163 Å². The number of pyridine rings is 1. The lowest BCUT2D eigenvalue weighted by Gasteiger charge is -2.11. The maximum atomic E-state index is 12.4. The van der Waals surface area contributed by atoms with Crippen LogP contribution in [-0.2, 0) is 6.42 Å². The number of aromatic nitrogens is 1. The van der Waals surface area contributed by atoms with E-state index in [9.17, 15) is 4.79 Å². The summed E-state index contributed by atoms with van der Waals surface area (Å²) in [5, 5.41) is 7.82. The van der Waals surface area contributed by atoms with Gasteiger partial charge >= 0.3 is 0 Å². The predicted molar refractivity (Wildman–Crippen MR) is 115 cm³/mol. The molecule has 3 aromatic rings. The van der Waals surface area contributed by atoms with Gasteiger partial charge in [0.05, 0.1) is 12.6 Å². The molecule has 1 aromatic heterocycles. The van der Waals surface area contributed by atoms with Crippen LogP contribution in [0.1, 0.15) is 16.7 Å². The molecule has 6 heteroatoms. The second-order valence-electron chi connectivity index (χ2n) is 6.45. The van der Waals surface area contributed by atoms with Crippen LogP contribution in [0, 0.1) is 13.8 Å². The first kappa shape index (κ1) is 18.9. The first-order valence-electron chi connectivity index (χ1n) is 8.79. The number of hydrogen-bond acceptors (Lipinski definition) is 3. The highest BCUT2D eigenvalue weighted by atomic mass is 32.1. The van der Waals surface area contributed by atoms with Gasteiger partial charge in [-0.3, -0.25) is 4.79 Å². The number of hydrogen-bond donors (Lipinski definition) is 3. The lowest BCUT2D eigenvalue weighted by molar-refractivity contribution is 0.415. The van der Waals surface area contributed by atoms with Crippen LogP contribution in [-0.4, -0.2) is 23.8 Å². The van der Waals surface area contributed by atoms with Crippen molar-refractivity contribution in [2.75, 3.05) is 19.0 Å². The highest BCUT2D eigenvalue weighted by molar-refractivity contribution is 7.80. The number of ether oxygens (including phenoxy) is 1. The summed E-state index contributed by atoms with van der Waals surface area (Å²) in [6, 6.07) is 13.6. The first-order valence-corrected chi connectivity index (χ1v) is 9.20. The van der Waals surface area contributed by atoms with Gasteiger partial charge in [-0.1, -0.05) is 12.1 Å². The lowest BCUT2D eigenvalue weighted by atomic mass is 10.0. The molecular formula is C21H23N3O2S. The van der Waals surface area contributed by atoms with Crippen molar-refractivity contribution in [2.24, 2.45) is 0 Å². The molecule has 1 heterocycles. The van der Waals surface area contributed by atoms with E-state index in [1.165, 1.54) is 5.56 Å². The Morgan fingerprint density at radius 3 is 2.59 bits per heavy atom. The van der Waals surface area contributed by atoms with Crippen LogP contribution >= 0.6 is 12.2 Å². The Balaban J connectivity index is 1.61. The number of anilines is 1. The number of aromatic amines is 1. The molecule has 0 amide bonds. The quantitative estimate of drug-likeness (QED) is 0.589. The van der Waals surface area contributed by atoms with Crippen molar-refractivity contribution < 1.29 is 4.74 Å². The van der Waals surface area contributed by atoms with Crippen LogP contribution in [0.5, 0.6) is 5.75 Å². The SMILES string of the molecule is COc1ccc(NC(=S)NCCc2cc3ccc(C)c(C)c3[nH]c2=O)cc1. The summed E-state index contributed by atoms with van der Waals surface area (Å²) in [7, 11) is 1.63. The molecule has 0 unspecified atom stereocenters. The number of aryl methyl sites for hydroxylation is 2. The topological polar surface area (TPSA) is 66.2 Å². The Kier molecular flexibility index (Phi) is 5.76. The van der Waals surface area contributed by atoms with Gasteiger partial charge in [0, 0.05) is 17.8 Å². The number of rotatable bonds is 5. The van der Waals surface area contributed by atoms with Crippen LogP contribution in [0.25, 0.3) is 10.9 Å². The van der Waals surface area contributed by atoms with Gasteiger partial charge in [-0.2, -0.15) is 0 Å². The molecule has 0 saturated carbocycles. The van der Waals surface area contributed by atoms with E-state index in [0.717, 1.165) is 33.5 Å². The van der Waals surface area contributed by atoms with Gasteiger partial charge in [-0.05, 0) is 79.3 Å². The van der Waals surface area contributed by atoms with E-state index in [1.54, 1.807) is 7.11 Å². The van der Waals surface area contributed by atoms with Gasteiger partial charge in [0.1, 0.15) is 5.75 Å². The summed E-state index contributed by atoms with van der Waals surface area (Å²) < 4.78 is 5.13. The third-order valence-corrected chi connectivity index (χ3v) is 4.90. The molecule has 0 fully saturated rings. The summed E-state index contributed by atoms with van der Waals surface area (Å²) in [6.45, 7) is 4.64. The molecule has 0 radical (unpaired) electrons. The van der Waals surface area contributed by atoms with Crippen LogP contribution in [0.2, 0.25) is 0 Å². The van der Waals surface area contributed by atoms with Crippen molar-refractivity contribution >= 4 is 33.9 Å². The summed E-state index contributed by atoms with van der Waals surface area (Å²) in [6.07, 6.45) is 0.586. The van der Waals surface area contributed by atoms with Crippen LogP contribution in [0.3, 0.4) is 0 Å². The van der Waals surface area contributed by atoms with Gasteiger partial charge in [-0.25, -0.2) is 0 Å². The number of fused-ring (bicyclic) bond motifs is 1. The smallest absolute Gasteiger partial charge is 0.251 e. The average molecular weight is 382 g/mol. The van der Waals surface area contributed by atoms with E-state index in [-0.39, 0.29) is 5.56 Å². The molecule has 27 heavy (non-hydrogen) atoms. The Morgan fingerprint density at radius 2 is 1.89 bits per heavy atom. The minimum absolute atomic E-state index is 0.0490. The minimum Gasteiger partial charge on any atom is -0.497 e. The lowest BCUT2D eigenvalue weighted by Crippen LogP contribution is -2.31. The summed E-state index contributed by atoms with van der Waals surface area (Å²) >= 11 is 5.31. The molecule has 0 aliphatic rings. The van der Waals surface area contributed by atoms with E-state index in [2.05, 4.69) is 21.7 Å². The number of thiocarbonyl (C=S) groups is 1. The fraction of sp³-hybridized carbons (Fsp3) is 0.238. The maximum Gasteiger partial charge on any atom is 0.251 e. The van der Waals surface area contributed by atoms with Crippen molar-refractivity contribution in [3.63, 3.8) is 0 Å². The zero-order valence-electron chi connectivity index (χ0n) is 15.7. The number of methoxy groups -OCH3 is 1. The third kappa shape index (κ3) is 4.46. The Bertz CT molecular complexity index is 1030. The molecule has 5 nitrogen and oxygen atoms in total. The molecule has 0 spiro atoms. The van der Waals surface area contributed by atoms with Crippen LogP contribution in [0.4, 0.5) is 5.69 Å². The van der Waals surface area contributed by atoms with Gasteiger partial charge in [0.25, 0.3) is 5.56 Å². The molecule has 140 valence electrons. The van der Waals surface area contributed by atoms with Crippen molar-refractivity contribution in [2.45, 2.75) is 20.3 Å². The standard InChI is InChI=1S/C21H23N3O2S/c1-13-4-5-15-12-16(20(25)24-19(15)14(13)2)10-11-22-21(27)23-17-6-8-18(26-3)9-7-17/h4-9,12H,10-11H2,1-3H3,(H,24,25)(H2,22,23,27). The second-order valence-corrected chi connectivity index (χ2v) is 6.86. The van der Waals surface area contributed by atoms with Crippen molar-refractivity contribution in [1.29, 1.82) is 0 Å². The highest BCUT2D eigenvalue weighted by Crippen LogP contribution is 2.19. The third-order valence-electron chi connectivity index (χ3n) is 4.66. The second kappa shape index (κ2) is 8.22. The predicted octanol–water partition coefficient (Wildman–Crippen LogP) is 3.68. The van der Waals surface area contributed by atoms with E-state index in [0.29, 0.717) is 18.1 Å². The van der Waals surface area contributed by atoms with Crippen molar-refractivity contribution in [3.05, 3.63) is 69.5 Å². The van der Waals surface area contributed by atoms with Gasteiger partial charge in [0.15, 0.2) is 5.11 Å². The van der Waals surface area contributed by atoms with E-state index in [4.69, 9.17) is 17.0 Å². The van der Waals surface area contributed by atoms with Crippen LogP contribution < -0.4 is 20.9 Å². The van der Waals surface area contributed by atoms with Gasteiger partial charge in [0.2, 0.25) is 0 Å². The molecule has 0 saturated heterocycles. The summed E-state index contributed by atoms with van der Waals surface area (Å²) in [5.74, 6) is 0.792. The normalized spacial score (nSPS) is 10.6. The molecule has 2 aromatic carbocycles. The fourth-order valence-corrected chi connectivity index (χ4v) is 3.14. The molecule has 0 aliphatic heterocycles. The van der Waals surface area contributed by atoms with Crippen molar-refractivity contribution in [3.8, 4) is 5.75 Å². The van der Waals surface area contributed by atoms with E-state index < -0.39 is 0 Å². The zero-order chi connectivity index (χ0) is 19.4. The highest BCUT2D eigenvalue weighted by Gasteiger charge is 2.07. The summed E-state index contributed by atoms with van der Waals surface area (Å²) in [5.41, 5.74) is 4.76. The monoisotopic (exact) mass is 381 g/mol. The largest absolute Gasteiger partial charge is 0.497 e. The Morgan fingerprint density at radius 1 is 1.15 bits per heavy atom. The summed E-state index contributed by atoms with van der Waals surface area (Å²) in [4.78, 5) is 15.4. The van der Waals surface area contributed by atoms with Gasteiger partial charge < -0.3 is 20.4 Å². The number of nitrogens with one attached hydrogen (secondary N) is 3. The maximum absolute atomic E-state index is 12.4. The minimum atomic E-state index is -0.0490. The molecule has 0 bridgehead atoms. The molecule has 0 atom stereocenters. The molecular weight excluding hydrogens is 358 g/mol. The molecule has 0 aliphatic carbocycles. The first-order chi connectivity index (χ1) is 13.0. The zero-order valence-corrected chi connectivity index (χ0v) is 16.5. The molecule has 3 rings (SSSR count). The number of H-pyrrole nitrogens is 1. The number of benzene rings is 2. The Hall–Kier alpha value is -2.86. The van der Waals surface area contributed by atoms with E-state index in [1.807, 2.05) is 50.2 Å². The van der Waals surface area contributed by atoms with Crippen molar-refractivity contribution in [1.82, 2.24) is 10.3 Å².